The van der Waals surface area contributed by atoms with E-state index in [-0.39, 0.29) is 17.7 Å². The van der Waals surface area contributed by atoms with Crippen LogP contribution in [0.4, 0.5) is 0 Å². The second kappa shape index (κ2) is 5.08. The van der Waals surface area contributed by atoms with Crippen LogP contribution in [-0.4, -0.2) is 42.5 Å². The van der Waals surface area contributed by atoms with Crippen molar-refractivity contribution in [1.82, 2.24) is 0 Å². The van der Waals surface area contributed by atoms with Crippen LogP contribution in [0.5, 0.6) is 0 Å². The average Bonchev–Trinajstić information content (AvgIpc) is 2.37. The molecular weight excluding hydrogens is 234 g/mol. The third-order valence-electron chi connectivity index (χ3n) is 4.61. The Hall–Kier alpha value is 0.230. The van der Waals surface area contributed by atoms with Gasteiger partial charge in [0.05, 0.1) is 18.3 Å². The van der Waals surface area contributed by atoms with Gasteiger partial charge in [0.2, 0.25) is 0 Å². The number of ether oxygens (including phenoxy) is 2. The normalized spacial score (nSPS) is 38.6. The molecule has 4 heteroatoms. The van der Waals surface area contributed by atoms with Gasteiger partial charge in [-0.05, 0) is 38.0 Å². The molecule has 2 N–H and O–H groups in total. The van der Waals surface area contributed by atoms with E-state index in [0.717, 1.165) is 31.1 Å². The van der Waals surface area contributed by atoms with Crippen molar-refractivity contribution >= 4 is 11.8 Å². The number of thioether (sulfide) groups is 1. The smallest absolute Gasteiger partial charge is 0.0819 e. The van der Waals surface area contributed by atoms with E-state index in [1.165, 1.54) is 25.7 Å². The Balaban J connectivity index is 1.58. The highest BCUT2D eigenvalue weighted by Crippen LogP contribution is 2.45. The zero-order valence-corrected chi connectivity index (χ0v) is 11.2. The van der Waals surface area contributed by atoms with Crippen molar-refractivity contribution in [2.45, 2.75) is 49.9 Å². The first-order valence-corrected chi connectivity index (χ1v) is 8.03. The lowest BCUT2D eigenvalue weighted by Crippen LogP contribution is -2.53. The Morgan fingerprint density at radius 1 is 1.29 bits per heavy atom. The molecule has 1 aliphatic carbocycles. The quantitative estimate of drug-likeness (QED) is 0.819. The first-order valence-electron chi connectivity index (χ1n) is 6.88. The third kappa shape index (κ3) is 2.50. The Bertz CT molecular complexity index is 264. The molecule has 1 spiro atoms. The van der Waals surface area contributed by atoms with Gasteiger partial charge in [-0.2, -0.15) is 11.8 Å². The topological polar surface area (TPSA) is 44.5 Å². The van der Waals surface area contributed by atoms with Crippen LogP contribution < -0.4 is 5.73 Å². The van der Waals surface area contributed by atoms with E-state index >= 15 is 0 Å². The number of hydrogen-bond donors (Lipinski definition) is 1. The van der Waals surface area contributed by atoms with Crippen molar-refractivity contribution in [2.75, 3.05) is 24.7 Å². The second-order valence-electron chi connectivity index (χ2n) is 5.70. The molecule has 2 heterocycles. The minimum absolute atomic E-state index is 0.211. The molecule has 0 radical (unpaired) electrons. The van der Waals surface area contributed by atoms with Crippen LogP contribution >= 0.6 is 11.8 Å². The van der Waals surface area contributed by atoms with Crippen LogP contribution in [-0.2, 0) is 9.47 Å². The van der Waals surface area contributed by atoms with Gasteiger partial charge in [0.15, 0.2) is 0 Å². The van der Waals surface area contributed by atoms with Crippen molar-refractivity contribution < 1.29 is 9.47 Å². The standard InChI is InChI=1S/C13H23NO2S/c14-12(11-9-17-7-6-15-11)10-2-5-16-13(8-10)3-1-4-13/h10-12H,1-9,14H2. The molecule has 3 rings (SSSR count). The first kappa shape index (κ1) is 12.3. The van der Waals surface area contributed by atoms with Crippen LogP contribution in [0.2, 0.25) is 0 Å². The Labute approximate surface area is 108 Å². The molecule has 2 saturated heterocycles. The van der Waals surface area contributed by atoms with E-state index < -0.39 is 0 Å². The lowest BCUT2D eigenvalue weighted by atomic mass is 9.70. The number of hydrogen-bond acceptors (Lipinski definition) is 4. The number of nitrogens with two attached hydrogens (primary N) is 1. The van der Waals surface area contributed by atoms with Gasteiger partial charge in [-0.3, -0.25) is 0 Å². The summed E-state index contributed by atoms with van der Waals surface area (Å²) in [7, 11) is 0. The summed E-state index contributed by atoms with van der Waals surface area (Å²) >= 11 is 1.98. The lowest BCUT2D eigenvalue weighted by molar-refractivity contribution is -0.150. The Morgan fingerprint density at radius 3 is 2.82 bits per heavy atom. The van der Waals surface area contributed by atoms with E-state index in [0.29, 0.717) is 5.92 Å². The van der Waals surface area contributed by atoms with Crippen molar-refractivity contribution in [3.05, 3.63) is 0 Å². The van der Waals surface area contributed by atoms with Gasteiger partial charge in [-0.1, -0.05) is 0 Å². The maximum absolute atomic E-state index is 6.43. The molecule has 3 aliphatic rings. The van der Waals surface area contributed by atoms with E-state index in [1.54, 1.807) is 0 Å². The molecule has 3 unspecified atom stereocenters. The Morgan fingerprint density at radius 2 is 2.18 bits per heavy atom. The molecule has 98 valence electrons. The van der Waals surface area contributed by atoms with Crippen LogP contribution in [0, 0.1) is 5.92 Å². The minimum atomic E-state index is 0.211. The summed E-state index contributed by atoms with van der Waals surface area (Å²) in [5, 5.41) is 0. The van der Waals surface area contributed by atoms with Gasteiger partial charge >= 0.3 is 0 Å². The van der Waals surface area contributed by atoms with E-state index in [4.69, 9.17) is 15.2 Å². The SMILES string of the molecule is NC(C1CCOC2(CCC2)C1)C1CSCCO1. The van der Waals surface area contributed by atoms with Gasteiger partial charge < -0.3 is 15.2 Å². The third-order valence-corrected chi connectivity index (χ3v) is 5.63. The molecule has 0 aromatic heterocycles. The zero-order chi connectivity index (χ0) is 11.7. The van der Waals surface area contributed by atoms with Crippen molar-refractivity contribution in [1.29, 1.82) is 0 Å². The first-order chi connectivity index (χ1) is 8.29. The lowest BCUT2D eigenvalue weighted by Gasteiger charge is -2.49. The summed E-state index contributed by atoms with van der Waals surface area (Å²) in [5.74, 6) is 2.81. The number of rotatable bonds is 2. The predicted octanol–water partition coefficient (Wildman–Crippen LogP) is 1.79. The molecular formula is C13H23NO2S. The molecule has 17 heavy (non-hydrogen) atoms. The average molecular weight is 257 g/mol. The van der Waals surface area contributed by atoms with Crippen LogP contribution in [0.15, 0.2) is 0 Å². The zero-order valence-electron chi connectivity index (χ0n) is 10.4. The van der Waals surface area contributed by atoms with Gasteiger partial charge in [0.1, 0.15) is 0 Å². The molecule has 1 saturated carbocycles. The molecule has 0 aromatic rings. The predicted molar refractivity (Wildman–Crippen MR) is 70.3 cm³/mol. The second-order valence-corrected chi connectivity index (χ2v) is 6.85. The largest absolute Gasteiger partial charge is 0.375 e. The molecule has 2 aliphatic heterocycles. The molecule has 0 bridgehead atoms. The Kier molecular flexibility index (Phi) is 3.67. The summed E-state index contributed by atoms with van der Waals surface area (Å²) in [5.41, 5.74) is 6.64. The summed E-state index contributed by atoms with van der Waals surface area (Å²) in [6, 6.07) is 0.212. The highest BCUT2D eigenvalue weighted by Gasteiger charge is 2.45. The van der Waals surface area contributed by atoms with Crippen LogP contribution in [0.1, 0.15) is 32.1 Å². The minimum Gasteiger partial charge on any atom is -0.375 e. The summed E-state index contributed by atoms with van der Waals surface area (Å²) in [4.78, 5) is 0. The summed E-state index contributed by atoms with van der Waals surface area (Å²) < 4.78 is 11.8. The summed E-state index contributed by atoms with van der Waals surface area (Å²) in [6.07, 6.45) is 6.38. The van der Waals surface area contributed by atoms with E-state index in [1.807, 2.05) is 11.8 Å². The van der Waals surface area contributed by atoms with E-state index in [9.17, 15) is 0 Å². The fourth-order valence-electron chi connectivity index (χ4n) is 3.35. The summed E-state index contributed by atoms with van der Waals surface area (Å²) in [6.45, 7) is 1.77. The fourth-order valence-corrected chi connectivity index (χ4v) is 4.28. The van der Waals surface area contributed by atoms with Crippen molar-refractivity contribution in [2.24, 2.45) is 11.7 Å². The van der Waals surface area contributed by atoms with Crippen molar-refractivity contribution in [3.8, 4) is 0 Å². The molecule has 3 fully saturated rings. The maximum Gasteiger partial charge on any atom is 0.0819 e. The van der Waals surface area contributed by atoms with E-state index in [2.05, 4.69) is 0 Å². The molecule has 0 amide bonds. The monoisotopic (exact) mass is 257 g/mol. The molecule has 0 aromatic carbocycles. The highest BCUT2D eigenvalue weighted by molar-refractivity contribution is 7.99. The van der Waals surface area contributed by atoms with Crippen LogP contribution in [0.3, 0.4) is 0 Å². The van der Waals surface area contributed by atoms with Crippen LogP contribution in [0.25, 0.3) is 0 Å². The van der Waals surface area contributed by atoms with Crippen molar-refractivity contribution in [3.63, 3.8) is 0 Å². The fraction of sp³-hybridized carbons (Fsp3) is 1.00. The van der Waals surface area contributed by atoms with Gasteiger partial charge in [0, 0.05) is 24.2 Å². The molecule has 3 atom stereocenters. The van der Waals surface area contributed by atoms with Gasteiger partial charge in [0.25, 0.3) is 0 Å². The maximum atomic E-state index is 6.43. The van der Waals surface area contributed by atoms with Gasteiger partial charge in [-0.25, -0.2) is 0 Å². The highest BCUT2D eigenvalue weighted by atomic mass is 32.2. The molecule has 3 nitrogen and oxygen atoms in total. The van der Waals surface area contributed by atoms with Gasteiger partial charge in [-0.15, -0.1) is 0 Å².